The van der Waals surface area contributed by atoms with Crippen LogP contribution >= 0.6 is 0 Å². The summed E-state index contributed by atoms with van der Waals surface area (Å²) in [7, 11) is -3.75. The van der Waals surface area contributed by atoms with Crippen LogP contribution in [0.3, 0.4) is 0 Å². The normalized spacial score (nSPS) is 19.9. The second-order valence-electron chi connectivity index (χ2n) is 8.96. The van der Waals surface area contributed by atoms with Crippen molar-refractivity contribution in [3.8, 4) is 11.5 Å². The molecule has 2 aromatic rings. The maximum Gasteiger partial charge on any atom is 0.253 e. The summed E-state index contributed by atoms with van der Waals surface area (Å²) in [5.41, 5.74) is 2.12. The molecule has 1 amide bonds. The third-order valence-corrected chi connectivity index (χ3v) is 8.98. The molecule has 0 saturated carbocycles. The minimum atomic E-state index is -3.75. The van der Waals surface area contributed by atoms with E-state index >= 15 is 0 Å². The van der Waals surface area contributed by atoms with Gasteiger partial charge in [-0.2, -0.15) is 4.31 Å². The van der Waals surface area contributed by atoms with Crippen LogP contribution in [-0.4, -0.2) is 62.3 Å². The number of aryl methyl sites for hydroxylation is 3. The summed E-state index contributed by atoms with van der Waals surface area (Å²) in [6, 6.07) is 8.96. The Morgan fingerprint density at radius 3 is 2.30 bits per heavy atom. The number of rotatable bonds is 3. The number of hydrogen-bond acceptors (Lipinski definition) is 6. The summed E-state index contributed by atoms with van der Waals surface area (Å²) >= 11 is 0. The molecular formula is C24H28N2O6S. The number of ether oxygens (including phenoxy) is 3. The highest BCUT2D eigenvalue weighted by atomic mass is 32.2. The van der Waals surface area contributed by atoms with Crippen molar-refractivity contribution in [3.63, 3.8) is 0 Å². The number of nitrogens with zero attached hydrogens (tertiary/aromatic N) is 2. The quantitative estimate of drug-likeness (QED) is 0.683. The number of carbonyl (C=O) groups is 1. The van der Waals surface area contributed by atoms with Crippen molar-refractivity contribution in [3.05, 3.63) is 52.6 Å². The molecule has 8 nitrogen and oxygen atoms in total. The predicted octanol–water partition coefficient (Wildman–Crippen LogP) is 2.99. The van der Waals surface area contributed by atoms with Crippen LogP contribution in [0.15, 0.2) is 35.2 Å². The van der Waals surface area contributed by atoms with Crippen molar-refractivity contribution in [2.45, 2.75) is 44.2 Å². The lowest BCUT2D eigenvalue weighted by Crippen LogP contribution is -2.55. The van der Waals surface area contributed by atoms with Crippen LogP contribution in [-0.2, 0) is 14.8 Å². The molecule has 9 heteroatoms. The van der Waals surface area contributed by atoms with Gasteiger partial charge in [-0.3, -0.25) is 4.79 Å². The van der Waals surface area contributed by atoms with E-state index in [-0.39, 0.29) is 12.7 Å². The first-order valence-electron chi connectivity index (χ1n) is 11.1. The molecule has 2 aromatic carbocycles. The van der Waals surface area contributed by atoms with Gasteiger partial charge in [0.25, 0.3) is 5.91 Å². The Bertz CT molecular complexity index is 1190. The minimum absolute atomic E-state index is 0.110. The molecule has 0 unspecified atom stereocenters. The second kappa shape index (κ2) is 8.00. The second-order valence-corrected chi connectivity index (χ2v) is 10.8. The van der Waals surface area contributed by atoms with Gasteiger partial charge in [0.1, 0.15) is 5.72 Å². The fraction of sp³-hybridized carbons (Fsp3) is 0.458. The number of hydrogen-bond donors (Lipinski definition) is 0. The lowest BCUT2D eigenvalue weighted by atomic mass is 10.00. The smallest absolute Gasteiger partial charge is 0.253 e. The summed E-state index contributed by atoms with van der Waals surface area (Å²) in [6.07, 6.45) is 0.846. The van der Waals surface area contributed by atoms with E-state index in [1.54, 1.807) is 23.1 Å². The predicted molar refractivity (Wildman–Crippen MR) is 121 cm³/mol. The molecule has 0 aliphatic carbocycles. The number of benzene rings is 2. The van der Waals surface area contributed by atoms with E-state index in [2.05, 4.69) is 0 Å². The van der Waals surface area contributed by atoms with Gasteiger partial charge in [-0.1, -0.05) is 17.7 Å². The summed E-state index contributed by atoms with van der Waals surface area (Å²) in [4.78, 5) is 15.2. The largest absolute Gasteiger partial charge is 0.454 e. The zero-order valence-electron chi connectivity index (χ0n) is 19.1. The van der Waals surface area contributed by atoms with Crippen LogP contribution in [0.2, 0.25) is 0 Å². The third-order valence-electron chi connectivity index (χ3n) is 6.72. The Morgan fingerprint density at radius 1 is 0.939 bits per heavy atom. The number of amides is 1. The molecule has 3 aliphatic rings. The molecule has 176 valence electrons. The van der Waals surface area contributed by atoms with E-state index in [4.69, 9.17) is 14.2 Å². The molecule has 0 N–H and O–H groups in total. The molecule has 2 fully saturated rings. The number of sulfonamides is 1. The van der Waals surface area contributed by atoms with Gasteiger partial charge in [0.15, 0.2) is 11.5 Å². The highest BCUT2D eigenvalue weighted by molar-refractivity contribution is 7.89. The van der Waals surface area contributed by atoms with Crippen molar-refractivity contribution in [1.82, 2.24) is 9.21 Å². The Labute approximate surface area is 194 Å². The molecule has 0 bridgehead atoms. The Kier molecular flexibility index (Phi) is 5.38. The third kappa shape index (κ3) is 3.68. The first-order chi connectivity index (χ1) is 15.7. The highest BCUT2D eigenvalue weighted by Crippen LogP contribution is 2.40. The topological polar surface area (TPSA) is 85.4 Å². The number of piperidine rings is 1. The fourth-order valence-electron chi connectivity index (χ4n) is 5.28. The van der Waals surface area contributed by atoms with Crippen LogP contribution in [0.1, 0.15) is 39.9 Å². The SMILES string of the molecule is Cc1cc(C)c(S(=O)(=O)N2CCOC23CCN(C(=O)c2ccc4c(c2)OCO4)CC3)c(C)c1. The molecule has 33 heavy (non-hydrogen) atoms. The van der Waals surface area contributed by atoms with Crippen LogP contribution in [0, 0.1) is 20.8 Å². The summed E-state index contributed by atoms with van der Waals surface area (Å²) in [5, 5.41) is 0. The average molecular weight is 473 g/mol. The molecule has 3 heterocycles. The number of carbonyl (C=O) groups excluding carboxylic acids is 1. The monoisotopic (exact) mass is 472 g/mol. The van der Waals surface area contributed by atoms with E-state index < -0.39 is 15.7 Å². The standard InChI is InChI=1S/C24H28N2O6S/c1-16-12-17(2)22(18(3)13-16)33(28,29)26-10-11-32-24(26)6-8-25(9-7-24)23(27)19-4-5-20-21(14-19)31-15-30-20/h4-5,12-14H,6-11,15H2,1-3H3. The Balaban J connectivity index is 1.36. The van der Waals surface area contributed by atoms with Gasteiger partial charge < -0.3 is 19.1 Å². The first-order valence-corrected chi connectivity index (χ1v) is 12.6. The van der Waals surface area contributed by atoms with Gasteiger partial charge in [0.05, 0.1) is 11.5 Å². The van der Waals surface area contributed by atoms with E-state index in [1.807, 2.05) is 32.9 Å². The van der Waals surface area contributed by atoms with Crippen molar-refractivity contribution in [2.75, 3.05) is 33.0 Å². The number of likely N-dealkylation sites (tertiary alicyclic amines) is 1. The van der Waals surface area contributed by atoms with Gasteiger partial charge in [0, 0.05) is 38.0 Å². The lowest BCUT2D eigenvalue weighted by molar-refractivity contribution is -0.0857. The van der Waals surface area contributed by atoms with E-state index in [0.717, 1.165) is 16.7 Å². The van der Waals surface area contributed by atoms with Gasteiger partial charge in [-0.25, -0.2) is 8.42 Å². The maximum atomic E-state index is 13.7. The fourth-order valence-corrected chi connectivity index (χ4v) is 7.42. The molecular weight excluding hydrogens is 444 g/mol. The van der Waals surface area contributed by atoms with E-state index in [1.165, 1.54) is 4.31 Å². The lowest BCUT2D eigenvalue weighted by Gasteiger charge is -2.43. The molecule has 2 saturated heterocycles. The molecule has 0 aromatic heterocycles. The summed E-state index contributed by atoms with van der Waals surface area (Å²) < 4.78 is 45.8. The minimum Gasteiger partial charge on any atom is -0.454 e. The Morgan fingerprint density at radius 2 is 1.61 bits per heavy atom. The average Bonchev–Trinajstić information content (AvgIpc) is 3.39. The van der Waals surface area contributed by atoms with Gasteiger partial charge in [-0.05, 0) is 50.1 Å². The zero-order valence-corrected chi connectivity index (χ0v) is 19.9. The summed E-state index contributed by atoms with van der Waals surface area (Å²) in [5.74, 6) is 1.08. The van der Waals surface area contributed by atoms with Crippen LogP contribution in [0.5, 0.6) is 11.5 Å². The Hall–Kier alpha value is -2.62. The van der Waals surface area contributed by atoms with Gasteiger partial charge in [0.2, 0.25) is 16.8 Å². The van der Waals surface area contributed by atoms with E-state index in [0.29, 0.717) is 61.0 Å². The van der Waals surface area contributed by atoms with Crippen molar-refractivity contribution >= 4 is 15.9 Å². The molecule has 1 spiro atoms. The molecule has 5 rings (SSSR count). The van der Waals surface area contributed by atoms with Crippen molar-refractivity contribution in [2.24, 2.45) is 0 Å². The van der Waals surface area contributed by atoms with Crippen molar-refractivity contribution in [1.29, 1.82) is 0 Å². The zero-order chi connectivity index (χ0) is 23.4. The molecule has 0 atom stereocenters. The number of fused-ring (bicyclic) bond motifs is 1. The van der Waals surface area contributed by atoms with Crippen LogP contribution < -0.4 is 9.47 Å². The van der Waals surface area contributed by atoms with E-state index in [9.17, 15) is 13.2 Å². The van der Waals surface area contributed by atoms with Crippen LogP contribution in [0.4, 0.5) is 0 Å². The highest BCUT2D eigenvalue weighted by Gasteiger charge is 2.51. The first kappa shape index (κ1) is 22.2. The molecule has 0 radical (unpaired) electrons. The van der Waals surface area contributed by atoms with Crippen LogP contribution in [0.25, 0.3) is 0 Å². The maximum absolute atomic E-state index is 13.7. The molecule has 3 aliphatic heterocycles. The van der Waals surface area contributed by atoms with Crippen molar-refractivity contribution < 1.29 is 27.4 Å². The van der Waals surface area contributed by atoms with Gasteiger partial charge in [-0.15, -0.1) is 0 Å². The summed E-state index contributed by atoms with van der Waals surface area (Å²) in [6.45, 7) is 7.26. The van der Waals surface area contributed by atoms with Gasteiger partial charge >= 0.3 is 0 Å².